The van der Waals surface area contributed by atoms with Gasteiger partial charge in [0.15, 0.2) is 0 Å². The first-order valence-electron chi connectivity index (χ1n) is 7.33. The van der Waals surface area contributed by atoms with Crippen LogP contribution in [0.25, 0.3) is 0 Å². The van der Waals surface area contributed by atoms with Crippen LogP contribution < -0.4 is 10.6 Å². The number of anilines is 1. The molecule has 1 saturated heterocycles. The molecule has 4 nitrogen and oxygen atoms in total. The third-order valence-corrected chi connectivity index (χ3v) is 4.11. The molecular formula is C16H25N3O. The highest BCUT2D eigenvalue weighted by Gasteiger charge is 2.23. The van der Waals surface area contributed by atoms with Gasteiger partial charge in [0.1, 0.15) is 0 Å². The fraction of sp³-hybridized carbons (Fsp3) is 0.562. The van der Waals surface area contributed by atoms with Crippen molar-refractivity contribution in [2.24, 2.45) is 5.92 Å². The van der Waals surface area contributed by atoms with Crippen molar-refractivity contribution in [3.8, 4) is 0 Å². The molecule has 0 bridgehead atoms. The number of nitrogens with zero attached hydrogens (tertiary/aromatic N) is 1. The fourth-order valence-corrected chi connectivity index (χ4v) is 2.79. The predicted molar refractivity (Wildman–Crippen MR) is 83.0 cm³/mol. The zero-order valence-electron chi connectivity index (χ0n) is 12.7. The molecule has 2 rings (SSSR count). The van der Waals surface area contributed by atoms with Gasteiger partial charge in [-0.15, -0.1) is 0 Å². The van der Waals surface area contributed by atoms with Crippen molar-refractivity contribution in [3.63, 3.8) is 0 Å². The Morgan fingerprint density at radius 1 is 1.40 bits per heavy atom. The van der Waals surface area contributed by atoms with Gasteiger partial charge in [0.2, 0.25) is 5.91 Å². The van der Waals surface area contributed by atoms with Crippen molar-refractivity contribution in [3.05, 3.63) is 29.3 Å². The minimum atomic E-state index is 0.0869. The van der Waals surface area contributed by atoms with Gasteiger partial charge < -0.3 is 10.6 Å². The molecule has 1 heterocycles. The quantitative estimate of drug-likeness (QED) is 0.861. The van der Waals surface area contributed by atoms with Gasteiger partial charge in [0, 0.05) is 12.2 Å². The van der Waals surface area contributed by atoms with Crippen molar-refractivity contribution in [2.45, 2.75) is 20.3 Å². The molecular weight excluding hydrogens is 250 g/mol. The summed E-state index contributed by atoms with van der Waals surface area (Å²) in [6.45, 7) is 7.67. The lowest BCUT2D eigenvalue weighted by atomic mass is 10.1. The van der Waals surface area contributed by atoms with E-state index in [1.165, 1.54) is 12.0 Å². The molecule has 0 spiro atoms. The molecule has 1 atom stereocenters. The topological polar surface area (TPSA) is 44.4 Å². The van der Waals surface area contributed by atoms with Crippen LogP contribution in [0.5, 0.6) is 0 Å². The molecule has 2 N–H and O–H groups in total. The number of carbonyl (C=O) groups excluding carboxylic acids is 1. The van der Waals surface area contributed by atoms with Crippen LogP contribution >= 0.6 is 0 Å². The van der Waals surface area contributed by atoms with Gasteiger partial charge in [-0.3, -0.25) is 9.69 Å². The third-order valence-electron chi connectivity index (χ3n) is 4.11. The minimum Gasteiger partial charge on any atom is -0.325 e. The van der Waals surface area contributed by atoms with Crippen LogP contribution in [0.3, 0.4) is 0 Å². The molecule has 1 unspecified atom stereocenters. The summed E-state index contributed by atoms with van der Waals surface area (Å²) in [6, 6.07) is 6.01. The molecule has 1 fully saturated rings. The molecule has 0 saturated carbocycles. The first-order chi connectivity index (χ1) is 9.60. The summed E-state index contributed by atoms with van der Waals surface area (Å²) < 4.78 is 0. The summed E-state index contributed by atoms with van der Waals surface area (Å²) in [7, 11) is 1.98. The Hall–Kier alpha value is -1.39. The smallest absolute Gasteiger partial charge is 0.238 e. The molecule has 110 valence electrons. The monoisotopic (exact) mass is 275 g/mol. The largest absolute Gasteiger partial charge is 0.325 e. The standard InChI is InChI=1S/C16H25N3O/c1-12-5-4-6-15(13(12)2)18-16(20)11-19-8-7-14(10-19)9-17-3/h4-6,14,17H,7-11H2,1-3H3,(H,18,20). The number of hydrogen-bond acceptors (Lipinski definition) is 3. The first-order valence-corrected chi connectivity index (χ1v) is 7.33. The van der Waals surface area contributed by atoms with Gasteiger partial charge in [-0.2, -0.15) is 0 Å². The molecule has 0 aliphatic carbocycles. The number of amides is 1. The Bertz CT molecular complexity index is 473. The maximum absolute atomic E-state index is 12.1. The van der Waals surface area contributed by atoms with Gasteiger partial charge >= 0.3 is 0 Å². The van der Waals surface area contributed by atoms with Crippen LogP contribution in [-0.2, 0) is 4.79 Å². The van der Waals surface area contributed by atoms with Gasteiger partial charge in [-0.1, -0.05) is 12.1 Å². The van der Waals surface area contributed by atoms with E-state index >= 15 is 0 Å². The Labute approximate surface area is 121 Å². The lowest BCUT2D eigenvalue weighted by molar-refractivity contribution is -0.117. The van der Waals surface area contributed by atoms with Crippen LogP contribution in [0, 0.1) is 19.8 Å². The number of hydrogen-bond donors (Lipinski definition) is 2. The Morgan fingerprint density at radius 3 is 2.95 bits per heavy atom. The number of likely N-dealkylation sites (tertiary alicyclic amines) is 1. The zero-order valence-corrected chi connectivity index (χ0v) is 12.7. The van der Waals surface area contributed by atoms with Crippen LogP contribution in [0.4, 0.5) is 5.69 Å². The van der Waals surface area contributed by atoms with E-state index in [1.54, 1.807) is 0 Å². The highest BCUT2D eigenvalue weighted by Crippen LogP contribution is 2.19. The highest BCUT2D eigenvalue weighted by atomic mass is 16.2. The number of benzene rings is 1. The molecule has 1 aromatic rings. The summed E-state index contributed by atoms with van der Waals surface area (Å²) in [6.07, 6.45) is 1.18. The van der Waals surface area contributed by atoms with Gasteiger partial charge in [0.05, 0.1) is 6.54 Å². The van der Waals surface area contributed by atoms with Gasteiger partial charge in [-0.25, -0.2) is 0 Å². The van der Waals surface area contributed by atoms with Crippen LogP contribution in [0.2, 0.25) is 0 Å². The zero-order chi connectivity index (χ0) is 14.5. The summed E-state index contributed by atoms with van der Waals surface area (Å²) in [5.41, 5.74) is 3.29. The number of carbonyl (C=O) groups is 1. The Morgan fingerprint density at radius 2 is 2.20 bits per heavy atom. The Balaban J connectivity index is 1.86. The average Bonchev–Trinajstić information content (AvgIpc) is 2.83. The SMILES string of the molecule is CNCC1CCN(CC(=O)Nc2cccc(C)c2C)C1. The summed E-state index contributed by atoms with van der Waals surface area (Å²) in [4.78, 5) is 14.4. The van der Waals surface area contributed by atoms with E-state index in [1.807, 2.05) is 26.1 Å². The molecule has 0 aromatic heterocycles. The summed E-state index contributed by atoms with van der Waals surface area (Å²) in [5.74, 6) is 0.761. The van der Waals surface area contributed by atoms with Crippen molar-refractivity contribution in [1.82, 2.24) is 10.2 Å². The van der Waals surface area contributed by atoms with E-state index in [9.17, 15) is 4.79 Å². The van der Waals surface area contributed by atoms with E-state index < -0.39 is 0 Å². The van der Waals surface area contributed by atoms with E-state index in [0.717, 1.165) is 30.9 Å². The van der Waals surface area contributed by atoms with E-state index in [-0.39, 0.29) is 5.91 Å². The van der Waals surface area contributed by atoms with Crippen molar-refractivity contribution < 1.29 is 4.79 Å². The maximum Gasteiger partial charge on any atom is 0.238 e. The van der Waals surface area contributed by atoms with Crippen molar-refractivity contribution in [1.29, 1.82) is 0 Å². The van der Waals surface area contributed by atoms with E-state index in [4.69, 9.17) is 0 Å². The molecule has 1 aliphatic heterocycles. The van der Waals surface area contributed by atoms with Crippen LogP contribution in [0.15, 0.2) is 18.2 Å². The molecule has 1 aromatic carbocycles. The number of nitrogens with one attached hydrogen (secondary N) is 2. The predicted octanol–water partition coefficient (Wildman–Crippen LogP) is 1.78. The summed E-state index contributed by atoms with van der Waals surface area (Å²) >= 11 is 0. The second-order valence-corrected chi connectivity index (χ2v) is 5.74. The lowest BCUT2D eigenvalue weighted by Crippen LogP contribution is -2.32. The molecule has 1 amide bonds. The molecule has 1 aliphatic rings. The lowest BCUT2D eigenvalue weighted by Gasteiger charge is -2.16. The Kier molecular flexibility index (Phi) is 5.15. The average molecular weight is 275 g/mol. The highest BCUT2D eigenvalue weighted by molar-refractivity contribution is 5.93. The van der Waals surface area contributed by atoms with Gasteiger partial charge in [-0.05, 0) is 63.5 Å². The second kappa shape index (κ2) is 6.86. The second-order valence-electron chi connectivity index (χ2n) is 5.74. The molecule has 20 heavy (non-hydrogen) atoms. The van der Waals surface area contributed by atoms with Crippen LogP contribution in [0.1, 0.15) is 17.5 Å². The summed E-state index contributed by atoms with van der Waals surface area (Å²) in [5, 5.41) is 6.24. The van der Waals surface area contributed by atoms with E-state index in [2.05, 4.69) is 28.5 Å². The van der Waals surface area contributed by atoms with Gasteiger partial charge in [0.25, 0.3) is 0 Å². The third kappa shape index (κ3) is 3.81. The minimum absolute atomic E-state index is 0.0869. The van der Waals surface area contributed by atoms with E-state index in [0.29, 0.717) is 12.5 Å². The van der Waals surface area contributed by atoms with Crippen LogP contribution in [-0.4, -0.2) is 44.0 Å². The molecule has 4 heteroatoms. The fourth-order valence-electron chi connectivity index (χ4n) is 2.79. The number of rotatable bonds is 5. The molecule has 0 radical (unpaired) electrons. The van der Waals surface area contributed by atoms with Crippen molar-refractivity contribution >= 4 is 11.6 Å². The maximum atomic E-state index is 12.1. The number of aryl methyl sites for hydroxylation is 1. The normalized spacial score (nSPS) is 19.2. The van der Waals surface area contributed by atoms with Crippen molar-refractivity contribution in [2.75, 3.05) is 38.5 Å². The first kappa shape index (κ1) is 15.0.